The van der Waals surface area contributed by atoms with Gasteiger partial charge < -0.3 is 9.47 Å². The van der Waals surface area contributed by atoms with E-state index < -0.39 is 0 Å². The molecule has 6 heteroatoms. The summed E-state index contributed by atoms with van der Waals surface area (Å²) >= 11 is 12.4. The van der Waals surface area contributed by atoms with E-state index in [1.54, 1.807) is 18.2 Å². The highest BCUT2D eigenvalue weighted by Crippen LogP contribution is 2.27. The van der Waals surface area contributed by atoms with Gasteiger partial charge in [0.1, 0.15) is 5.82 Å². The number of hydrogen-bond donors (Lipinski definition) is 0. The van der Waals surface area contributed by atoms with Crippen molar-refractivity contribution in [3.8, 4) is 0 Å². The van der Waals surface area contributed by atoms with Crippen LogP contribution in [0.4, 0.5) is 0 Å². The first kappa shape index (κ1) is 17.3. The van der Waals surface area contributed by atoms with Gasteiger partial charge in [-0.15, -0.1) is 0 Å². The maximum Gasteiger partial charge on any atom is 0.227 e. The summed E-state index contributed by atoms with van der Waals surface area (Å²) in [5.74, 6) is 1.15. The van der Waals surface area contributed by atoms with E-state index in [0.29, 0.717) is 15.6 Å². The first-order valence-corrected chi connectivity index (χ1v) is 9.08. The Morgan fingerprint density at radius 3 is 2.79 bits per heavy atom. The van der Waals surface area contributed by atoms with Crippen LogP contribution in [0.2, 0.25) is 10.0 Å². The summed E-state index contributed by atoms with van der Waals surface area (Å²) in [4.78, 5) is 19.1. The number of hydrogen-bond acceptors (Lipinski definition) is 2. The number of halogens is 2. The van der Waals surface area contributed by atoms with E-state index in [0.717, 1.165) is 38.2 Å². The van der Waals surface area contributed by atoms with Gasteiger partial charge in [-0.3, -0.25) is 4.79 Å². The molecule has 1 aliphatic heterocycles. The van der Waals surface area contributed by atoms with E-state index >= 15 is 0 Å². The predicted molar refractivity (Wildman–Crippen MR) is 96.5 cm³/mol. The maximum atomic E-state index is 12.8. The van der Waals surface area contributed by atoms with Crippen LogP contribution in [0.5, 0.6) is 0 Å². The number of nitrogens with zero attached hydrogens (tertiary/aromatic N) is 3. The number of carbonyl (C=O) groups excluding carboxylic acids is 1. The molecule has 2 heterocycles. The Labute approximate surface area is 152 Å². The van der Waals surface area contributed by atoms with Gasteiger partial charge in [0, 0.05) is 48.0 Å². The molecule has 4 nitrogen and oxygen atoms in total. The molecule has 0 unspecified atom stereocenters. The quantitative estimate of drug-likeness (QED) is 0.803. The Bertz CT molecular complexity index is 709. The summed E-state index contributed by atoms with van der Waals surface area (Å²) in [5, 5.41) is 1.10. The molecule has 24 heavy (non-hydrogen) atoms. The number of aryl methyl sites for hydroxylation is 1. The lowest BCUT2D eigenvalue weighted by molar-refractivity contribution is -0.131. The number of likely N-dealkylation sites (tertiary alicyclic amines) is 1. The fourth-order valence-electron chi connectivity index (χ4n) is 3.36. The fraction of sp³-hybridized carbons (Fsp3) is 0.444. The Hall–Kier alpha value is -1.52. The van der Waals surface area contributed by atoms with Crippen LogP contribution in [0.1, 0.15) is 31.2 Å². The molecule has 128 valence electrons. The minimum Gasteiger partial charge on any atom is -0.338 e. The zero-order chi connectivity index (χ0) is 17.1. The molecule has 0 bridgehead atoms. The van der Waals surface area contributed by atoms with E-state index in [9.17, 15) is 4.79 Å². The highest BCUT2D eigenvalue weighted by atomic mass is 35.5. The molecule has 1 aromatic carbocycles. The summed E-state index contributed by atoms with van der Waals surface area (Å²) in [5.41, 5.74) is 0.716. The van der Waals surface area contributed by atoms with Gasteiger partial charge >= 0.3 is 0 Å². The van der Waals surface area contributed by atoms with E-state index in [1.165, 1.54) is 0 Å². The predicted octanol–water partition coefficient (Wildman–Crippen LogP) is 3.99. The molecule has 0 N–H and O–H groups in total. The molecule has 1 aromatic heterocycles. The Balaban J connectivity index is 1.72. The van der Waals surface area contributed by atoms with Crippen LogP contribution in [0.3, 0.4) is 0 Å². The lowest BCUT2D eigenvalue weighted by Crippen LogP contribution is -2.39. The Morgan fingerprint density at radius 1 is 1.33 bits per heavy atom. The van der Waals surface area contributed by atoms with Gasteiger partial charge in [-0.05, 0) is 30.5 Å². The average Bonchev–Trinajstić information content (AvgIpc) is 3.20. The summed E-state index contributed by atoms with van der Waals surface area (Å²) in [6, 6.07) is 5.55. The molecule has 1 aliphatic rings. The van der Waals surface area contributed by atoms with Crippen molar-refractivity contribution >= 4 is 29.1 Å². The first-order chi connectivity index (χ1) is 11.6. The lowest BCUT2D eigenvalue weighted by atomic mass is 10.1. The van der Waals surface area contributed by atoms with Crippen molar-refractivity contribution in [2.45, 2.75) is 45.2 Å². The van der Waals surface area contributed by atoms with Crippen molar-refractivity contribution in [1.82, 2.24) is 14.5 Å². The SMILES string of the molecule is CCc1nccn1C[C@H]1CCCN1C(=O)Cc1c(Cl)cccc1Cl. The minimum atomic E-state index is 0.0886. The number of amides is 1. The summed E-state index contributed by atoms with van der Waals surface area (Å²) in [6.07, 6.45) is 7.00. The molecule has 0 radical (unpaired) electrons. The summed E-state index contributed by atoms with van der Waals surface area (Å²) < 4.78 is 2.15. The van der Waals surface area contributed by atoms with Crippen LogP contribution in [0.25, 0.3) is 0 Å². The lowest BCUT2D eigenvalue weighted by Gasteiger charge is -2.26. The Kier molecular flexibility index (Phi) is 5.47. The molecular weight excluding hydrogens is 345 g/mol. The highest BCUT2D eigenvalue weighted by molar-refractivity contribution is 6.36. The molecular formula is C18H21Cl2N3O. The third-order valence-electron chi connectivity index (χ3n) is 4.61. The van der Waals surface area contributed by atoms with Crippen LogP contribution in [0.15, 0.2) is 30.6 Å². The van der Waals surface area contributed by atoms with Gasteiger partial charge in [-0.2, -0.15) is 0 Å². The van der Waals surface area contributed by atoms with Gasteiger partial charge in [-0.25, -0.2) is 4.98 Å². The van der Waals surface area contributed by atoms with E-state index in [2.05, 4.69) is 16.5 Å². The van der Waals surface area contributed by atoms with Crippen molar-refractivity contribution in [3.63, 3.8) is 0 Å². The smallest absolute Gasteiger partial charge is 0.227 e. The van der Waals surface area contributed by atoms with Gasteiger partial charge in [0.25, 0.3) is 0 Å². The van der Waals surface area contributed by atoms with Crippen molar-refractivity contribution in [2.75, 3.05) is 6.54 Å². The van der Waals surface area contributed by atoms with Crippen LogP contribution in [0, 0.1) is 0 Å². The van der Waals surface area contributed by atoms with Gasteiger partial charge in [0.2, 0.25) is 5.91 Å². The highest BCUT2D eigenvalue weighted by Gasteiger charge is 2.29. The van der Waals surface area contributed by atoms with Gasteiger partial charge in [0.05, 0.1) is 6.42 Å². The van der Waals surface area contributed by atoms with Gasteiger partial charge in [0.15, 0.2) is 0 Å². The molecule has 0 saturated carbocycles. The standard InChI is InChI=1S/C18H21Cl2N3O/c1-2-17-21-8-10-22(17)12-13-5-4-9-23(13)18(24)11-14-15(19)6-3-7-16(14)20/h3,6-8,10,13H,2,4-5,9,11-12H2,1H3/t13-/m1/s1. The summed E-state index contributed by atoms with van der Waals surface area (Å²) in [6.45, 7) is 3.68. The molecule has 2 aromatic rings. The molecule has 0 aliphatic carbocycles. The monoisotopic (exact) mass is 365 g/mol. The second kappa shape index (κ2) is 7.58. The average molecular weight is 366 g/mol. The van der Waals surface area contributed by atoms with Crippen LogP contribution >= 0.6 is 23.2 Å². The normalized spacial score (nSPS) is 17.5. The van der Waals surface area contributed by atoms with Crippen molar-refractivity contribution in [1.29, 1.82) is 0 Å². The molecule has 1 amide bonds. The van der Waals surface area contributed by atoms with Crippen LogP contribution in [-0.2, 0) is 24.2 Å². The van der Waals surface area contributed by atoms with Crippen molar-refractivity contribution < 1.29 is 4.79 Å². The number of imidazole rings is 1. The fourth-order valence-corrected chi connectivity index (χ4v) is 3.89. The third kappa shape index (κ3) is 3.60. The van der Waals surface area contributed by atoms with Crippen LogP contribution in [-0.4, -0.2) is 32.9 Å². The molecule has 3 rings (SSSR count). The zero-order valence-corrected chi connectivity index (χ0v) is 15.2. The number of rotatable bonds is 5. The molecule has 1 fully saturated rings. The van der Waals surface area contributed by atoms with Gasteiger partial charge in [-0.1, -0.05) is 36.2 Å². The van der Waals surface area contributed by atoms with Crippen molar-refractivity contribution in [2.24, 2.45) is 0 Å². The second-order valence-corrected chi connectivity index (χ2v) is 6.92. The molecule has 1 atom stereocenters. The minimum absolute atomic E-state index is 0.0886. The Morgan fingerprint density at radius 2 is 2.08 bits per heavy atom. The topological polar surface area (TPSA) is 38.1 Å². The number of aromatic nitrogens is 2. The zero-order valence-electron chi connectivity index (χ0n) is 13.7. The maximum absolute atomic E-state index is 12.8. The summed E-state index contributed by atoms with van der Waals surface area (Å²) in [7, 11) is 0. The first-order valence-electron chi connectivity index (χ1n) is 8.32. The van der Waals surface area contributed by atoms with Crippen LogP contribution < -0.4 is 0 Å². The second-order valence-electron chi connectivity index (χ2n) is 6.11. The molecule has 0 spiro atoms. The number of carbonyl (C=O) groups is 1. The van der Waals surface area contributed by atoms with E-state index in [1.807, 2.05) is 17.3 Å². The van der Waals surface area contributed by atoms with Crippen molar-refractivity contribution in [3.05, 3.63) is 52.0 Å². The third-order valence-corrected chi connectivity index (χ3v) is 5.32. The number of benzene rings is 1. The largest absolute Gasteiger partial charge is 0.338 e. The van der Waals surface area contributed by atoms with E-state index in [-0.39, 0.29) is 18.4 Å². The van der Waals surface area contributed by atoms with E-state index in [4.69, 9.17) is 23.2 Å². The molecule has 1 saturated heterocycles.